The highest BCUT2D eigenvalue weighted by Crippen LogP contribution is 2.41. The Morgan fingerprint density at radius 1 is 1.25 bits per heavy atom. The number of hydrogen-bond donors (Lipinski definition) is 1. The molecule has 3 heteroatoms. The number of halogens is 1. The van der Waals surface area contributed by atoms with Gasteiger partial charge in [-0.05, 0) is 55.4 Å². The maximum atomic E-state index is 10.2. The quantitative estimate of drug-likeness (QED) is 0.513. The molecular formula is C17H27ClOS. The minimum Gasteiger partial charge on any atom is -0.393 e. The van der Waals surface area contributed by atoms with Gasteiger partial charge in [0.1, 0.15) is 0 Å². The van der Waals surface area contributed by atoms with E-state index in [0.717, 1.165) is 19.3 Å². The van der Waals surface area contributed by atoms with Crippen molar-refractivity contribution in [2.45, 2.75) is 69.8 Å². The fraction of sp³-hybridized carbons (Fsp3) is 0.765. The van der Waals surface area contributed by atoms with E-state index in [9.17, 15) is 5.11 Å². The summed E-state index contributed by atoms with van der Waals surface area (Å²) >= 11 is 8.33. The van der Waals surface area contributed by atoms with Crippen LogP contribution in [0.15, 0.2) is 17.5 Å². The van der Waals surface area contributed by atoms with Gasteiger partial charge in [0.15, 0.2) is 0 Å². The topological polar surface area (TPSA) is 20.2 Å². The van der Waals surface area contributed by atoms with Gasteiger partial charge in [0.05, 0.1) is 6.10 Å². The van der Waals surface area contributed by atoms with E-state index in [4.69, 9.17) is 11.6 Å². The Balaban J connectivity index is 1.79. The molecule has 1 N–H and O–H groups in total. The van der Waals surface area contributed by atoms with E-state index in [1.165, 1.54) is 37.0 Å². The fourth-order valence-electron chi connectivity index (χ4n) is 3.53. The molecule has 0 aromatic carbocycles. The van der Waals surface area contributed by atoms with Gasteiger partial charge in [-0.3, -0.25) is 0 Å². The van der Waals surface area contributed by atoms with Crippen LogP contribution in [0.3, 0.4) is 0 Å². The van der Waals surface area contributed by atoms with Crippen LogP contribution in [0.4, 0.5) is 0 Å². The highest BCUT2D eigenvalue weighted by atomic mass is 35.5. The molecule has 0 aliphatic heterocycles. The van der Waals surface area contributed by atoms with Gasteiger partial charge in [-0.2, -0.15) is 0 Å². The summed E-state index contributed by atoms with van der Waals surface area (Å²) in [5.41, 5.74) is 0. The third kappa shape index (κ3) is 4.47. The van der Waals surface area contributed by atoms with E-state index in [-0.39, 0.29) is 11.5 Å². The first-order chi connectivity index (χ1) is 9.72. The van der Waals surface area contributed by atoms with Crippen molar-refractivity contribution in [2.24, 2.45) is 11.8 Å². The average Bonchev–Trinajstić information content (AvgIpc) is 3.01. The van der Waals surface area contributed by atoms with Gasteiger partial charge in [-0.1, -0.05) is 32.3 Å². The molecule has 0 unspecified atom stereocenters. The van der Waals surface area contributed by atoms with Crippen molar-refractivity contribution in [2.75, 3.05) is 0 Å². The molecule has 0 saturated heterocycles. The lowest BCUT2D eigenvalue weighted by molar-refractivity contribution is 0.107. The second-order valence-corrected chi connectivity index (χ2v) is 7.71. The predicted octanol–water partition coefficient (Wildman–Crippen LogP) is 5.26. The lowest BCUT2D eigenvalue weighted by Gasteiger charge is -2.23. The zero-order chi connectivity index (χ0) is 14.4. The maximum Gasteiger partial charge on any atom is 0.0585 e. The number of hydrogen-bond acceptors (Lipinski definition) is 2. The van der Waals surface area contributed by atoms with Gasteiger partial charge in [0, 0.05) is 10.3 Å². The number of aliphatic hydroxyl groups excluding tert-OH is 1. The Bertz CT molecular complexity index is 365. The van der Waals surface area contributed by atoms with Gasteiger partial charge in [-0.15, -0.1) is 22.9 Å². The molecule has 1 aliphatic rings. The molecule has 1 fully saturated rings. The van der Waals surface area contributed by atoms with Crippen molar-refractivity contribution < 1.29 is 5.11 Å². The summed E-state index contributed by atoms with van der Waals surface area (Å²) in [5, 5.41) is 12.6. The molecule has 0 spiro atoms. The van der Waals surface area contributed by atoms with E-state index in [2.05, 4.69) is 24.4 Å². The molecule has 1 aliphatic carbocycles. The second-order valence-electron chi connectivity index (χ2n) is 6.11. The Morgan fingerprint density at radius 2 is 2.05 bits per heavy atom. The van der Waals surface area contributed by atoms with E-state index < -0.39 is 0 Å². The molecule has 1 saturated carbocycles. The van der Waals surface area contributed by atoms with Gasteiger partial charge >= 0.3 is 0 Å². The van der Waals surface area contributed by atoms with Gasteiger partial charge in [-0.25, -0.2) is 0 Å². The number of aryl methyl sites for hydroxylation is 1. The van der Waals surface area contributed by atoms with Crippen LogP contribution in [-0.2, 0) is 6.42 Å². The van der Waals surface area contributed by atoms with E-state index in [1.54, 1.807) is 0 Å². The van der Waals surface area contributed by atoms with Crippen molar-refractivity contribution in [3.63, 3.8) is 0 Å². The number of alkyl halides is 1. The summed E-state index contributed by atoms with van der Waals surface area (Å²) in [5.74, 6) is 0.955. The Hall–Kier alpha value is -0.0500. The summed E-state index contributed by atoms with van der Waals surface area (Å²) in [4.78, 5) is 1.47. The zero-order valence-corrected chi connectivity index (χ0v) is 14.0. The molecule has 4 atom stereocenters. The highest BCUT2D eigenvalue weighted by molar-refractivity contribution is 7.09. The molecule has 20 heavy (non-hydrogen) atoms. The number of thiophene rings is 1. The minimum absolute atomic E-state index is 0.166. The molecule has 1 aromatic rings. The Kier molecular flexibility index (Phi) is 6.86. The molecule has 114 valence electrons. The third-order valence-electron chi connectivity index (χ3n) is 4.66. The van der Waals surface area contributed by atoms with E-state index in [1.807, 2.05) is 11.3 Å². The van der Waals surface area contributed by atoms with Crippen LogP contribution in [0.5, 0.6) is 0 Å². The number of aliphatic hydroxyl groups is 1. The van der Waals surface area contributed by atoms with Crippen molar-refractivity contribution in [3.05, 3.63) is 22.4 Å². The van der Waals surface area contributed by atoms with Crippen molar-refractivity contribution in [1.29, 1.82) is 0 Å². The molecule has 2 rings (SSSR count). The third-order valence-corrected chi connectivity index (χ3v) is 6.10. The Labute approximate surface area is 132 Å². The lowest BCUT2D eigenvalue weighted by atomic mass is 9.86. The van der Waals surface area contributed by atoms with Crippen LogP contribution in [0.1, 0.15) is 56.7 Å². The Morgan fingerprint density at radius 3 is 2.75 bits per heavy atom. The second kappa shape index (κ2) is 8.41. The number of rotatable bonds is 8. The molecule has 0 radical (unpaired) electrons. The molecular weight excluding hydrogens is 288 g/mol. The molecule has 0 bridgehead atoms. The van der Waals surface area contributed by atoms with Gasteiger partial charge in [0.25, 0.3) is 0 Å². The summed E-state index contributed by atoms with van der Waals surface area (Å²) in [6, 6.07) is 4.34. The summed E-state index contributed by atoms with van der Waals surface area (Å²) in [6.07, 6.45) is 9.07. The maximum absolute atomic E-state index is 10.2. The van der Waals surface area contributed by atoms with Crippen LogP contribution < -0.4 is 0 Å². The van der Waals surface area contributed by atoms with Crippen molar-refractivity contribution in [1.82, 2.24) is 0 Å². The zero-order valence-electron chi connectivity index (χ0n) is 12.4. The fourth-order valence-corrected chi connectivity index (χ4v) is 4.78. The molecule has 1 heterocycles. The first-order valence-corrected chi connectivity index (χ1v) is 9.38. The van der Waals surface area contributed by atoms with Gasteiger partial charge in [0.2, 0.25) is 0 Å². The van der Waals surface area contributed by atoms with E-state index >= 15 is 0 Å². The summed E-state index contributed by atoms with van der Waals surface area (Å²) in [7, 11) is 0. The first kappa shape index (κ1) is 16.3. The SMILES string of the molecule is CCCCC[C@@H]1[C@@H](CCCc2cccs2)[C@H](Cl)C[C@H]1O. The largest absolute Gasteiger partial charge is 0.393 e. The monoisotopic (exact) mass is 314 g/mol. The van der Waals surface area contributed by atoms with Crippen LogP contribution in [0.2, 0.25) is 0 Å². The minimum atomic E-state index is -0.166. The average molecular weight is 315 g/mol. The first-order valence-electron chi connectivity index (χ1n) is 8.07. The van der Waals surface area contributed by atoms with Crippen LogP contribution in [0.25, 0.3) is 0 Å². The normalized spacial score (nSPS) is 29.9. The predicted molar refractivity (Wildman–Crippen MR) is 88.6 cm³/mol. The molecule has 1 aromatic heterocycles. The standard InChI is InChI=1S/C17H27ClOS/c1-2-3-4-9-15-14(16(18)12-17(15)19)10-5-7-13-8-6-11-20-13/h6,8,11,14-17,19H,2-5,7,9-10,12H2,1H3/t14-,15-,16-,17-/m1/s1. The van der Waals surface area contributed by atoms with Gasteiger partial charge < -0.3 is 5.11 Å². The van der Waals surface area contributed by atoms with Crippen LogP contribution >= 0.6 is 22.9 Å². The number of unbranched alkanes of at least 4 members (excludes halogenated alkanes) is 2. The highest BCUT2D eigenvalue weighted by Gasteiger charge is 2.40. The van der Waals surface area contributed by atoms with Crippen molar-refractivity contribution >= 4 is 22.9 Å². The van der Waals surface area contributed by atoms with E-state index in [0.29, 0.717) is 11.8 Å². The van der Waals surface area contributed by atoms with Crippen LogP contribution in [-0.4, -0.2) is 16.6 Å². The lowest BCUT2D eigenvalue weighted by Crippen LogP contribution is -2.21. The smallest absolute Gasteiger partial charge is 0.0585 e. The molecule has 1 nitrogen and oxygen atoms in total. The van der Waals surface area contributed by atoms with Crippen LogP contribution in [0, 0.1) is 11.8 Å². The summed E-state index contributed by atoms with van der Waals surface area (Å²) in [6.45, 7) is 2.23. The van der Waals surface area contributed by atoms with Crippen molar-refractivity contribution in [3.8, 4) is 0 Å². The molecule has 0 amide bonds. The summed E-state index contributed by atoms with van der Waals surface area (Å²) < 4.78 is 0.